The van der Waals surface area contributed by atoms with Gasteiger partial charge in [0.2, 0.25) is 0 Å². The van der Waals surface area contributed by atoms with Crippen molar-refractivity contribution in [2.45, 2.75) is 50.7 Å². The molecular formula is C15H25N3O2. The Kier molecular flexibility index (Phi) is 5.47. The number of nitrogens with one attached hydrogen (secondary N) is 2. The number of urea groups is 1. The fourth-order valence-corrected chi connectivity index (χ4v) is 2.77. The van der Waals surface area contributed by atoms with Gasteiger partial charge in [-0.15, -0.1) is 0 Å². The first-order valence-corrected chi connectivity index (χ1v) is 7.50. The van der Waals surface area contributed by atoms with Crippen LogP contribution in [0.25, 0.3) is 0 Å². The summed E-state index contributed by atoms with van der Waals surface area (Å²) >= 11 is 0. The van der Waals surface area contributed by atoms with E-state index in [1.807, 2.05) is 29.9 Å². The van der Waals surface area contributed by atoms with Crippen LogP contribution < -0.4 is 10.6 Å². The lowest BCUT2D eigenvalue weighted by atomic mass is 9.96. The average Bonchev–Trinajstić information content (AvgIpc) is 2.86. The number of rotatable bonds is 5. The molecule has 20 heavy (non-hydrogen) atoms. The molecule has 1 fully saturated rings. The summed E-state index contributed by atoms with van der Waals surface area (Å²) in [5, 5.41) is 15.9. The largest absolute Gasteiger partial charge is 0.387 e. The Bertz CT molecular complexity index is 425. The van der Waals surface area contributed by atoms with Gasteiger partial charge in [-0.3, -0.25) is 0 Å². The van der Waals surface area contributed by atoms with Crippen molar-refractivity contribution in [3.05, 3.63) is 24.0 Å². The Hall–Kier alpha value is -1.49. The molecular weight excluding hydrogens is 254 g/mol. The SMILES string of the molecule is Cn1cccc1[C@H](O)CCNC(=O)NC1CCCCC1. The monoisotopic (exact) mass is 279 g/mol. The van der Waals surface area contributed by atoms with Gasteiger partial charge in [0.15, 0.2) is 0 Å². The predicted molar refractivity (Wildman–Crippen MR) is 78.4 cm³/mol. The van der Waals surface area contributed by atoms with Gasteiger partial charge in [0.1, 0.15) is 0 Å². The van der Waals surface area contributed by atoms with Crippen molar-refractivity contribution in [2.75, 3.05) is 6.54 Å². The van der Waals surface area contributed by atoms with Crippen LogP contribution in [0, 0.1) is 0 Å². The highest BCUT2D eigenvalue weighted by molar-refractivity contribution is 5.74. The fourth-order valence-electron chi connectivity index (χ4n) is 2.77. The molecule has 5 nitrogen and oxygen atoms in total. The lowest BCUT2D eigenvalue weighted by molar-refractivity contribution is 0.159. The summed E-state index contributed by atoms with van der Waals surface area (Å²) in [6.07, 6.45) is 7.75. The molecule has 1 aromatic heterocycles. The number of amides is 2. The summed E-state index contributed by atoms with van der Waals surface area (Å²) in [6.45, 7) is 0.477. The number of carbonyl (C=O) groups is 1. The first-order valence-electron chi connectivity index (χ1n) is 7.50. The maximum atomic E-state index is 11.7. The predicted octanol–water partition coefficient (Wildman–Crippen LogP) is 2.08. The topological polar surface area (TPSA) is 66.3 Å². The number of aliphatic hydroxyl groups excluding tert-OH is 1. The standard InChI is InChI=1S/C15H25N3O2/c1-18-11-5-8-13(18)14(19)9-10-16-15(20)17-12-6-3-2-4-7-12/h5,8,11-12,14,19H,2-4,6-7,9-10H2,1H3,(H2,16,17,20)/t14-/m1/s1. The molecule has 1 heterocycles. The molecule has 0 aromatic carbocycles. The highest BCUT2D eigenvalue weighted by atomic mass is 16.3. The zero-order valence-corrected chi connectivity index (χ0v) is 12.1. The minimum Gasteiger partial charge on any atom is -0.387 e. The minimum atomic E-state index is -0.537. The summed E-state index contributed by atoms with van der Waals surface area (Å²) in [5.74, 6) is 0. The van der Waals surface area contributed by atoms with Crippen LogP contribution >= 0.6 is 0 Å². The van der Waals surface area contributed by atoms with Crippen LogP contribution in [0.3, 0.4) is 0 Å². The normalized spacial score (nSPS) is 17.7. The summed E-state index contributed by atoms with van der Waals surface area (Å²) in [5.41, 5.74) is 0.875. The Balaban J connectivity index is 1.65. The van der Waals surface area contributed by atoms with Crippen molar-refractivity contribution in [3.8, 4) is 0 Å². The lowest BCUT2D eigenvalue weighted by Gasteiger charge is -2.23. The van der Waals surface area contributed by atoms with Crippen molar-refractivity contribution in [1.82, 2.24) is 15.2 Å². The third-order valence-electron chi connectivity index (χ3n) is 3.97. The molecule has 5 heteroatoms. The van der Waals surface area contributed by atoms with Crippen molar-refractivity contribution in [1.29, 1.82) is 0 Å². The van der Waals surface area contributed by atoms with Crippen LogP contribution in [0.2, 0.25) is 0 Å². The van der Waals surface area contributed by atoms with Crippen LogP contribution in [0.1, 0.15) is 50.3 Å². The van der Waals surface area contributed by atoms with Crippen LogP contribution in [-0.2, 0) is 7.05 Å². The summed E-state index contributed by atoms with van der Waals surface area (Å²) < 4.78 is 1.90. The number of aryl methyl sites for hydroxylation is 1. The molecule has 1 atom stereocenters. The van der Waals surface area contributed by atoms with Crippen LogP contribution in [0.15, 0.2) is 18.3 Å². The highest BCUT2D eigenvalue weighted by Gasteiger charge is 2.16. The molecule has 3 N–H and O–H groups in total. The van der Waals surface area contributed by atoms with Gasteiger partial charge in [-0.05, 0) is 31.4 Å². The number of hydrogen-bond donors (Lipinski definition) is 3. The first-order chi connectivity index (χ1) is 9.66. The Morgan fingerprint density at radius 1 is 1.45 bits per heavy atom. The molecule has 1 aliphatic rings. The molecule has 0 bridgehead atoms. The second-order valence-electron chi connectivity index (χ2n) is 5.58. The summed E-state index contributed by atoms with van der Waals surface area (Å²) in [6, 6.07) is 4.01. The van der Waals surface area contributed by atoms with Gasteiger partial charge >= 0.3 is 6.03 Å². The van der Waals surface area contributed by atoms with Gasteiger partial charge in [0, 0.05) is 31.5 Å². The Morgan fingerprint density at radius 2 is 2.20 bits per heavy atom. The Morgan fingerprint density at radius 3 is 2.85 bits per heavy atom. The highest BCUT2D eigenvalue weighted by Crippen LogP contribution is 2.17. The molecule has 0 aliphatic heterocycles. The summed E-state index contributed by atoms with van der Waals surface area (Å²) in [7, 11) is 1.90. The smallest absolute Gasteiger partial charge is 0.315 e. The number of aromatic nitrogens is 1. The van der Waals surface area contributed by atoms with Gasteiger partial charge in [-0.2, -0.15) is 0 Å². The molecule has 0 spiro atoms. The van der Waals surface area contributed by atoms with E-state index < -0.39 is 6.10 Å². The maximum Gasteiger partial charge on any atom is 0.315 e. The average molecular weight is 279 g/mol. The second kappa shape index (κ2) is 7.33. The van der Waals surface area contributed by atoms with E-state index in [9.17, 15) is 9.90 Å². The van der Waals surface area contributed by atoms with E-state index in [2.05, 4.69) is 10.6 Å². The van der Waals surface area contributed by atoms with E-state index in [-0.39, 0.29) is 6.03 Å². The molecule has 0 unspecified atom stereocenters. The molecule has 112 valence electrons. The maximum absolute atomic E-state index is 11.7. The minimum absolute atomic E-state index is 0.115. The molecule has 2 rings (SSSR count). The molecule has 0 radical (unpaired) electrons. The Labute approximate surface area is 120 Å². The third kappa shape index (κ3) is 4.27. The molecule has 1 aliphatic carbocycles. The number of carbonyl (C=O) groups excluding carboxylic acids is 1. The van der Waals surface area contributed by atoms with E-state index in [1.54, 1.807) is 0 Å². The molecule has 0 saturated heterocycles. The first kappa shape index (κ1) is 14.9. The second-order valence-corrected chi connectivity index (χ2v) is 5.58. The van der Waals surface area contributed by atoms with Crippen LogP contribution in [-0.4, -0.2) is 28.3 Å². The van der Waals surface area contributed by atoms with Crippen molar-refractivity contribution in [2.24, 2.45) is 7.05 Å². The van der Waals surface area contributed by atoms with E-state index in [4.69, 9.17) is 0 Å². The molecule has 2 amide bonds. The van der Waals surface area contributed by atoms with Crippen molar-refractivity contribution in [3.63, 3.8) is 0 Å². The molecule has 1 saturated carbocycles. The van der Waals surface area contributed by atoms with Crippen LogP contribution in [0.4, 0.5) is 4.79 Å². The van der Waals surface area contributed by atoms with E-state index >= 15 is 0 Å². The number of nitrogens with zero attached hydrogens (tertiary/aromatic N) is 1. The van der Waals surface area contributed by atoms with Gasteiger partial charge in [-0.1, -0.05) is 19.3 Å². The van der Waals surface area contributed by atoms with Gasteiger partial charge in [0.25, 0.3) is 0 Å². The van der Waals surface area contributed by atoms with E-state index in [0.717, 1.165) is 18.5 Å². The lowest BCUT2D eigenvalue weighted by Crippen LogP contribution is -2.43. The van der Waals surface area contributed by atoms with Crippen molar-refractivity contribution >= 4 is 6.03 Å². The summed E-state index contributed by atoms with van der Waals surface area (Å²) in [4.78, 5) is 11.7. The zero-order chi connectivity index (χ0) is 14.4. The van der Waals surface area contributed by atoms with E-state index in [1.165, 1.54) is 19.3 Å². The molecule has 1 aromatic rings. The number of hydrogen-bond acceptors (Lipinski definition) is 2. The van der Waals surface area contributed by atoms with Gasteiger partial charge in [-0.25, -0.2) is 4.79 Å². The van der Waals surface area contributed by atoms with Crippen molar-refractivity contribution < 1.29 is 9.90 Å². The quantitative estimate of drug-likeness (QED) is 0.772. The third-order valence-corrected chi connectivity index (χ3v) is 3.97. The zero-order valence-electron chi connectivity index (χ0n) is 12.1. The van der Waals surface area contributed by atoms with Crippen LogP contribution in [0.5, 0.6) is 0 Å². The fraction of sp³-hybridized carbons (Fsp3) is 0.667. The van der Waals surface area contributed by atoms with Gasteiger partial charge < -0.3 is 20.3 Å². The van der Waals surface area contributed by atoms with Gasteiger partial charge in [0.05, 0.1) is 6.10 Å². The number of aliphatic hydroxyl groups is 1. The van der Waals surface area contributed by atoms with E-state index in [0.29, 0.717) is 19.0 Å².